The highest BCUT2D eigenvalue weighted by Crippen LogP contribution is 2.10. The van der Waals surface area contributed by atoms with Crippen LogP contribution in [0.1, 0.15) is 30.0 Å². The summed E-state index contributed by atoms with van der Waals surface area (Å²) in [7, 11) is 2.15. The number of thiazole rings is 1. The number of nitrogens with zero attached hydrogens (tertiary/aromatic N) is 2. The van der Waals surface area contributed by atoms with E-state index in [0.717, 1.165) is 30.4 Å². The third-order valence-corrected chi connectivity index (χ3v) is 3.36. The zero-order valence-electron chi connectivity index (χ0n) is 9.50. The van der Waals surface area contributed by atoms with Gasteiger partial charge in [-0.05, 0) is 33.4 Å². The van der Waals surface area contributed by atoms with Gasteiger partial charge in [-0.3, -0.25) is 0 Å². The van der Waals surface area contributed by atoms with Crippen molar-refractivity contribution in [3.05, 3.63) is 16.1 Å². The summed E-state index contributed by atoms with van der Waals surface area (Å²) >= 11 is 7.35. The molecule has 0 saturated heterocycles. The van der Waals surface area contributed by atoms with Crippen LogP contribution in [0.4, 0.5) is 0 Å². The van der Waals surface area contributed by atoms with Crippen LogP contribution in [0.5, 0.6) is 0 Å². The van der Waals surface area contributed by atoms with Gasteiger partial charge in [0, 0.05) is 17.8 Å². The Hall–Kier alpha value is -0.120. The highest BCUT2D eigenvalue weighted by Gasteiger charge is 2.02. The number of aryl methyl sites for hydroxylation is 1. The van der Waals surface area contributed by atoms with Gasteiger partial charge in [0.15, 0.2) is 0 Å². The van der Waals surface area contributed by atoms with Crippen molar-refractivity contribution in [1.29, 1.82) is 0 Å². The molecule has 0 unspecified atom stereocenters. The fourth-order valence-electron chi connectivity index (χ4n) is 1.49. The molecule has 1 aromatic heterocycles. The molecule has 86 valence electrons. The van der Waals surface area contributed by atoms with Crippen LogP contribution in [-0.2, 0) is 6.54 Å². The van der Waals surface area contributed by atoms with Crippen molar-refractivity contribution in [2.75, 3.05) is 19.5 Å². The van der Waals surface area contributed by atoms with Crippen molar-refractivity contribution >= 4 is 22.9 Å². The first-order valence-corrected chi connectivity index (χ1v) is 6.79. The summed E-state index contributed by atoms with van der Waals surface area (Å²) < 4.78 is 0. The van der Waals surface area contributed by atoms with E-state index in [0.29, 0.717) is 0 Å². The van der Waals surface area contributed by atoms with Gasteiger partial charge in [-0.1, -0.05) is 6.42 Å². The molecule has 0 atom stereocenters. The van der Waals surface area contributed by atoms with Crippen LogP contribution in [0.2, 0.25) is 0 Å². The average molecular weight is 247 g/mol. The molecule has 0 spiro atoms. The Kier molecular flexibility index (Phi) is 6.22. The number of hydrogen-bond acceptors (Lipinski definition) is 3. The van der Waals surface area contributed by atoms with Crippen LogP contribution in [0, 0.1) is 6.92 Å². The predicted octanol–water partition coefficient (Wildman–Crippen LogP) is 3.29. The molecular weight excluding hydrogens is 228 g/mol. The molecule has 0 bridgehead atoms. The Morgan fingerprint density at radius 2 is 2.20 bits per heavy atom. The maximum Gasteiger partial charge on any atom is 0.0897 e. The van der Waals surface area contributed by atoms with Gasteiger partial charge >= 0.3 is 0 Å². The van der Waals surface area contributed by atoms with E-state index in [2.05, 4.69) is 29.2 Å². The number of rotatable bonds is 7. The zero-order valence-corrected chi connectivity index (χ0v) is 11.1. The Morgan fingerprint density at radius 3 is 2.80 bits per heavy atom. The van der Waals surface area contributed by atoms with E-state index < -0.39 is 0 Å². The molecule has 1 heterocycles. The predicted molar refractivity (Wildman–Crippen MR) is 67.8 cm³/mol. The topological polar surface area (TPSA) is 16.1 Å². The minimum absolute atomic E-state index is 0.787. The third kappa shape index (κ3) is 5.50. The molecule has 15 heavy (non-hydrogen) atoms. The van der Waals surface area contributed by atoms with Crippen molar-refractivity contribution in [2.24, 2.45) is 0 Å². The summed E-state index contributed by atoms with van der Waals surface area (Å²) in [4.78, 5) is 6.77. The fourth-order valence-corrected chi connectivity index (χ4v) is 2.28. The van der Waals surface area contributed by atoms with Crippen molar-refractivity contribution in [2.45, 2.75) is 32.7 Å². The molecule has 0 saturated carbocycles. The minimum Gasteiger partial charge on any atom is -0.301 e. The number of aromatic nitrogens is 1. The smallest absolute Gasteiger partial charge is 0.0897 e. The van der Waals surface area contributed by atoms with Gasteiger partial charge in [-0.25, -0.2) is 4.98 Å². The van der Waals surface area contributed by atoms with Crippen molar-refractivity contribution in [3.63, 3.8) is 0 Å². The molecule has 0 aliphatic heterocycles. The summed E-state index contributed by atoms with van der Waals surface area (Å²) in [5.41, 5.74) is 1.19. The lowest BCUT2D eigenvalue weighted by molar-refractivity contribution is 0.315. The quantitative estimate of drug-likeness (QED) is 0.542. The van der Waals surface area contributed by atoms with Crippen LogP contribution in [-0.4, -0.2) is 29.4 Å². The highest BCUT2D eigenvalue weighted by molar-refractivity contribution is 7.09. The summed E-state index contributed by atoms with van der Waals surface area (Å²) in [6, 6.07) is 0. The molecule has 0 aromatic carbocycles. The van der Waals surface area contributed by atoms with Crippen LogP contribution < -0.4 is 0 Å². The normalized spacial score (nSPS) is 11.2. The molecule has 2 nitrogen and oxygen atoms in total. The second-order valence-electron chi connectivity index (χ2n) is 3.85. The molecule has 1 aromatic rings. The minimum atomic E-state index is 0.787. The van der Waals surface area contributed by atoms with Gasteiger partial charge < -0.3 is 4.90 Å². The Morgan fingerprint density at radius 1 is 1.40 bits per heavy atom. The van der Waals surface area contributed by atoms with Crippen molar-refractivity contribution < 1.29 is 0 Å². The van der Waals surface area contributed by atoms with Gasteiger partial charge in [-0.2, -0.15) is 0 Å². The van der Waals surface area contributed by atoms with Crippen LogP contribution in [0.3, 0.4) is 0 Å². The first-order valence-electron chi connectivity index (χ1n) is 5.38. The summed E-state index contributed by atoms with van der Waals surface area (Å²) in [5.74, 6) is 0.787. The maximum atomic E-state index is 5.63. The first kappa shape index (κ1) is 12.9. The zero-order chi connectivity index (χ0) is 11.1. The molecule has 0 fully saturated rings. The van der Waals surface area contributed by atoms with E-state index in [1.807, 2.05) is 0 Å². The van der Waals surface area contributed by atoms with Gasteiger partial charge in [0.1, 0.15) is 0 Å². The second-order valence-corrected chi connectivity index (χ2v) is 5.29. The van der Waals surface area contributed by atoms with Gasteiger partial charge in [0.05, 0.1) is 10.7 Å². The standard InChI is InChI=1S/C11H19ClN2S/c1-10-13-11(9-15-10)8-14(2)7-5-3-4-6-12/h9H,3-8H2,1-2H3. The van der Waals surface area contributed by atoms with E-state index in [9.17, 15) is 0 Å². The molecule has 4 heteroatoms. The Labute approximate surface area is 101 Å². The van der Waals surface area contributed by atoms with E-state index in [1.165, 1.54) is 18.5 Å². The van der Waals surface area contributed by atoms with Crippen LogP contribution >= 0.6 is 22.9 Å². The van der Waals surface area contributed by atoms with Gasteiger partial charge in [-0.15, -0.1) is 22.9 Å². The first-order chi connectivity index (χ1) is 7.22. The van der Waals surface area contributed by atoms with E-state index in [-0.39, 0.29) is 0 Å². The highest BCUT2D eigenvalue weighted by atomic mass is 35.5. The third-order valence-electron chi connectivity index (χ3n) is 2.27. The van der Waals surface area contributed by atoms with Crippen LogP contribution in [0.15, 0.2) is 5.38 Å². The fraction of sp³-hybridized carbons (Fsp3) is 0.727. The molecule has 0 N–H and O–H groups in total. The molecule has 0 radical (unpaired) electrons. The van der Waals surface area contributed by atoms with Gasteiger partial charge in [0.2, 0.25) is 0 Å². The lowest BCUT2D eigenvalue weighted by Crippen LogP contribution is -2.19. The second kappa shape index (κ2) is 7.20. The number of hydrogen-bond donors (Lipinski definition) is 0. The average Bonchev–Trinajstić information content (AvgIpc) is 2.59. The summed E-state index contributed by atoms with van der Waals surface area (Å²) in [6.07, 6.45) is 3.58. The number of unbranched alkanes of at least 4 members (excludes halogenated alkanes) is 2. The Bertz CT molecular complexity index is 275. The van der Waals surface area contributed by atoms with Crippen LogP contribution in [0.25, 0.3) is 0 Å². The summed E-state index contributed by atoms with van der Waals surface area (Å²) in [5, 5.41) is 3.30. The molecule has 0 aliphatic carbocycles. The van der Waals surface area contributed by atoms with E-state index in [4.69, 9.17) is 11.6 Å². The van der Waals surface area contributed by atoms with E-state index in [1.54, 1.807) is 11.3 Å². The summed E-state index contributed by atoms with van der Waals surface area (Å²) in [6.45, 7) is 4.15. The molecule has 0 amide bonds. The Balaban J connectivity index is 2.15. The number of alkyl halides is 1. The lowest BCUT2D eigenvalue weighted by atomic mass is 10.2. The SMILES string of the molecule is Cc1nc(CN(C)CCCCCCl)cs1. The van der Waals surface area contributed by atoms with Crippen molar-refractivity contribution in [3.8, 4) is 0 Å². The van der Waals surface area contributed by atoms with E-state index >= 15 is 0 Å². The molecular formula is C11H19ClN2S. The van der Waals surface area contributed by atoms with Crippen molar-refractivity contribution in [1.82, 2.24) is 9.88 Å². The molecule has 0 aliphatic rings. The number of halogens is 1. The lowest BCUT2D eigenvalue weighted by Gasteiger charge is -2.14. The maximum absolute atomic E-state index is 5.63. The molecule has 1 rings (SSSR count). The monoisotopic (exact) mass is 246 g/mol. The van der Waals surface area contributed by atoms with Gasteiger partial charge in [0.25, 0.3) is 0 Å². The largest absolute Gasteiger partial charge is 0.301 e.